The molecule has 4 nitrogen and oxygen atoms in total. The lowest BCUT2D eigenvalue weighted by molar-refractivity contribution is -0.320. The molecule has 0 aliphatic heterocycles. The van der Waals surface area contributed by atoms with Crippen LogP contribution in [0.1, 0.15) is 19.4 Å². The van der Waals surface area contributed by atoms with Crippen molar-refractivity contribution in [1.82, 2.24) is 0 Å². The lowest BCUT2D eigenvalue weighted by Gasteiger charge is -2.28. The fraction of sp³-hybridized carbons (Fsp3) is 0.417. The van der Waals surface area contributed by atoms with E-state index in [-0.39, 0.29) is 0 Å². The summed E-state index contributed by atoms with van der Waals surface area (Å²) in [5.74, 6) is -0.697. The maximum absolute atomic E-state index is 10.8. The number of benzene rings is 1. The van der Waals surface area contributed by atoms with Gasteiger partial charge in [-0.25, -0.2) is 0 Å². The number of carbonyl (C=O) groups excluding carboxylic acids is 1. The van der Waals surface area contributed by atoms with E-state index < -0.39 is 11.6 Å². The zero-order valence-electron chi connectivity index (χ0n) is 9.53. The van der Waals surface area contributed by atoms with Gasteiger partial charge < -0.3 is 20.4 Å². The van der Waals surface area contributed by atoms with Gasteiger partial charge in [-0.2, -0.15) is 0 Å². The van der Waals surface area contributed by atoms with Crippen molar-refractivity contribution >= 4 is 5.97 Å². The highest BCUT2D eigenvalue weighted by molar-refractivity contribution is 5.74. The Morgan fingerprint density at radius 3 is 2.62 bits per heavy atom. The van der Waals surface area contributed by atoms with Gasteiger partial charge in [-0.1, -0.05) is 18.2 Å². The topological polar surface area (TPSA) is 75.4 Å². The zero-order valence-corrected chi connectivity index (χ0v) is 9.53. The predicted molar refractivity (Wildman–Crippen MR) is 58.9 cm³/mol. The Labute approximate surface area is 95.0 Å². The molecular formula is C12H16NO3-. The molecule has 1 aromatic rings. The standard InChI is InChI=1S/C12H17NO3/c1-12(2,11(14)15)16-10-6-4-3-5-9(10)7-8-13/h3-6H,7-8,13H2,1-2H3,(H,14,15)/p-1. The molecule has 2 N–H and O–H groups in total. The second-order valence-corrected chi connectivity index (χ2v) is 4.05. The van der Waals surface area contributed by atoms with Crippen LogP contribution in [0.5, 0.6) is 5.75 Å². The van der Waals surface area contributed by atoms with E-state index in [1.165, 1.54) is 13.8 Å². The molecule has 0 fully saturated rings. The second-order valence-electron chi connectivity index (χ2n) is 4.05. The number of nitrogens with two attached hydrogens (primary N) is 1. The molecule has 0 amide bonds. The Bertz CT molecular complexity index is 374. The lowest BCUT2D eigenvalue weighted by atomic mass is 10.1. The first-order valence-electron chi connectivity index (χ1n) is 5.16. The summed E-state index contributed by atoms with van der Waals surface area (Å²) >= 11 is 0. The van der Waals surface area contributed by atoms with Gasteiger partial charge in [-0.05, 0) is 38.4 Å². The van der Waals surface area contributed by atoms with Crippen molar-refractivity contribution in [1.29, 1.82) is 0 Å². The minimum Gasteiger partial charge on any atom is -0.546 e. The van der Waals surface area contributed by atoms with Crippen LogP contribution in [-0.2, 0) is 11.2 Å². The van der Waals surface area contributed by atoms with Crippen molar-refractivity contribution in [2.45, 2.75) is 25.9 Å². The molecule has 0 atom stereocenters. The third kappa shape index (κ3) is 2.97. The van der Waals surface area contributed by atoms with Gasteiger partial charge in [0.2, 0.25) is 0 Å². The summed E-state index contributed by atoms with van der Waals surface area (Å²) in [6.45, 7) is 3.41. The van der Waals surface area contributed by atoms with Crippen LogP contribution in [0.25, 0.3) is 0 Å². The third-order valence-corrected chi connectivity index (χ3v) is 2.24. The molecule has 1 rings (SSSR count). The highest BCUT2D eigenvalue weighted by atomic mass is 16.5. The van der Waals surface area contributed by atoms with Crippen molar-refractivity contribution < 1.29 is 14.6 Å². The highest BCUT2D eigenvalue weighted by Gasteiger charge is 2.22. The summed E-state index contributed by atoms with van der Waals surface area (Å²) in [6.07, 6.45) is 0.652. The molecule has 0 saturated carbocycles. The number of carboxylic acids is 1. The molecule has 0 aromatic heterocycles. The number of ether oxygens (including phenoxy) is 1. The SMILES string of the molecule is CC(C)(Oc1ccccc1CCN)C(=O)[O-]. The van der Waals surface area contributed by atoms with E-state index in [9.17, 15) is 9.90 Å². The molecule has 16 heavy (non-hydrogen) atoms. The minimum absolute atomic E-state index is 0.492. The van der Waals surface area contributed by atoms with Gasteiger partial charge in [0.25, 0.3) is 0 Å². The smallest absolute Gasteiger partial charge is 0.143 e. The molecule has 0 bridgehead atoms. The number of carboxylic acid groups (broad SMARTS) is 1. The highest BCUT2D eigenvalue weighted by Crippen LogP contribution is 2.23. The van der Waals surface area contributed by atoms with E-state index in [2.05, 4.69) is 0 Å². The van der Waals surface area contributed by atoms with Gasteiger partial charge in [0.1, 0.15) is 11.4 Å². The van der Waals surface area contributed by atoms with Gasteiger partial charge in [-0.3, -0.25) is 0 Å². The molecule has 0 aliphatic carbocycles. The Kier molecular flexibility index (Phi) is 3.90. The largest absolute Gasteiger partial charge is 0.546 e. The van der Waals surface area contributed by atoms with Crippen LogP contribution in [0.4, 0.5) is 0 Å². The van der Waals surface area contributed by atoms with Crippen LogP contribution < -0.4 is 15.6 Å². The molecule has 0 spiro atoms. The summed E-state index contributed by atoms with van der Waals surface area (Å²) in [5.41, 5.74) is 5.03. The molecule has 0 unspecified atom stereocenters. The first-order chi connectivity index (χ1) is 7.47. The number of hydrogen-bond acceptors (Lipinski definition) is 4. The summed E-state index contributed by atoms with van der Waals surface area (Å²) in [6, 6.07) is 7.26. The molecule has 88 valence electrons. The number of aliphatic carboxylic acids is 1. The summed E-state index contributed by atoms with van der Waals surface area (Å²) in [5, 5.41) is 10.8. The third-order valence-electron chi connectivity index (χ3n) is 2.24. The number of hydrogen-bond donors (Lipinski definition) is 1. The zero-order chi connectivity index (χ0) is 12.2. The number of carbonyl (C=O) groups is 1. The average molecular weight is 222 g/mol. The van der Waals surface area contributed by atoms with E-state index in [1.807, 2.05) is 12.1 Å². The van der Waals surface area contributed by atoms with Crippen LogP contribution in [0.15, 0.2) is 24.3 Å². The lowest BCUT2D eigenvalue weighted by Crippen LogP contribution is -2.48. The monoisotopic (exact) mass is 222 g/mol. The minimum atomic E-state index is -1.34. The quantitative estimate of drug-likeness (QED) is 0.766. The van der Waals surface area contributed by atoms with Crippen LogP contribution >= 0.6 is 0 Å². The number of rotatable bonds is 5. The van der Waals surface area contributed by atoms with Crippen LogP contribution in [0.2, 0.25) is 0 Å². The van der Waals surface area contributed by atoms with E-state index in [0.717, 1.165) is 5.56 Å². The van der Waals surface area contributed by atoms with Crippen molar-refractivity contribution in [3.63, 3.8) is 0 Å². The van der Waals surface area contributed by atoms with Gasteiger partial charge in [0, 0.05) is 0 Å². The summed E-state index contributed by atoms with van der Waals surface area (Å²) in [4.78, 5) is 10.8. The van der Waals surface area contributed by atoms with Crippen molar-refractivity contribution in [2.75, 3.05) is 6.54 Å². The fourth-order valence-electron chi connectivity index (χ4n) is 1.28. The molecule has 4 heteroatoms. The van der Waals surface area contributed by atoms with Gasteiger partial charge in [0.05, 0.1) is 5.97 Å². The maximum Gasteiger partial charge on any atom is 0.143 e. The van der Waals surface area contributed by atoms with E-state index in [0.29, 0.717) is 18.7 Å². The van der Waals surface area contributed by atoms with E-state index in [1.54, 1.807) is 12.1 Å². The molecule has 0 heterocycles. The van der Waals surface area contributed by atoms with Gasteiger partial charge >= 0.3 is 0 Å². The Hall–Kier alpha value is -1.55. The van der Waals surface area contributed by atoms with Crippen LogP contribution in [0.3, 0.4) is 0 Å². The normalized spacial score (nSPS) is 11.2. The van der Waals surface area contributed by atoms with Crippen LogP contribution in [0, 0.1) is 0 Å². The Morgan fingerprint density at radius 2 is 2.06 bits per heavy atom. The van der Waals surface area contributed by atoms with Gasteiger partial charge in [-0.15, -0.1) is 0 Å². The van der Waals surface area contributed by atoms with E-state index >= 15 is 0 Å². The fourth-order valence-corrected chi connectivity index (χ4v) is 1.28. The molecular weight excluding hydrogens is 206 g/mol. The summed E-state index contributed by atoms with van der Waals surface area (Å²) in [7, 11) is 0. The van der Waals surface area contributed by atoms with E-state index in [4.69, 9.17) is 10.5 Å². The molecule has 0 saturated heterocycles. The molecule has 1 aromatic carbocycles. The van der Waals surface area contributed by atoms with Crippen molar-refractivity contribution in [2.24, 2.45) is 5.73 Å². The summed E-state index contributed by atoms with van der Waals surface area (Å²) < 4.78 is 5.43. The first kappa shape index (κ1) is 12.5. The maximum atomic E-state index is 10.8. The van der Waals surface area contributed by atoms with Crippen LogP contribution in [-0.4, -0.2) is 18.1 Å². The average Bonchev–Trinajstić information content (AvgIpc) is 2.20. The van der Waals surface area contributed by atoms with Crippen molar-refractivity contribution in [3.8, 4) is 5.75 Å². The Morgan fingerprint density at radius 1 is 1.44 bits per heavy atom. The first-order valence-corrected chi connectivity index (χ1v) is 5.16. The van der Waals surface area contributed by atoms with Crippen molar-refractivity contribution in [3.05, 3.63) is 29.8 Å². The predicted octanol–water partition coefficient (Wildman–Crippen LogP) is 0.0951. The second kappa shape index (κ2) is 4.99. The molecule has 0 aliphatic rings. The number of para-hydroxylation sites is 1. The van der Waals surface area contributed by atoms with Gasteiger partial charge in [0.15, 0.2) is 0 Å². The molecule has 0 radical (unpaired) electrons. The Balaban J connectivity index is 2.92.